The normalized spacial score (nSPS) is 10.6. The van der Waals surface area contributed by atoms with Gasteiger partial charge in [0.25, 0.3) is 0 Å². The predicted molar refractivity (Wildman–Crippen MR) is 130 cm³/mol. The topological polar surface area (TPSA) is 6.48 Å². The van der Waals surface area contributed by atoms with E-state index in [1.807, 2.05) is 0 Å². The van der Waals surface area contributed by atoms with Crippen molar-refractivity contribution in [2.45, 2.75) is 13.8 Å². The van der Waals surface area contributed by atoms with Crippen molar-refractivity contribution in [1.29, 1.82) is 0 Å². The van der Waals surface area contributed by atoms with E-state index < -0.39 is 0 Å². The van der Waals surface area contributed by atoms with Gasteiger partial charge in [-0.3, -0.25) is 0 Å². The highest BCUT2D eigenvalue weighted by molar-refractivity contribution is 5.79. The Morgan fingerprint density at radius 3 is 1.37 bits per heavy atom. The molecule has 4 aromatic carbocycles. The molecule has 150 valence electrons. The SMILES string of the molecule is CCN(CC)c1ccc(N(c2ccccc2)c2ccc(-c3ccccc3)cc2)cc1. The van der Waals surface area contributed by atoms with Gasteiger partial charge in [0, 0.05) is 35.8 Å². The second kappa shape index (κ2) is 9.32. The zero-order chi connectivity index (χ0) is 20.8. The molecule has 0 saturated carbocycles. The van der Waals surface area contributed by atoms with E-state index in [1.165, 1.54) is 16.8 Å². The second-order valence-electron chi connectivity index (χ2n) is 7.27. The molecular weight excluding hydrogens is 364 g/mol. The van der Waals surface area contributed by atoms with Crippen LogP contribution >= 0.6 is 0 Å². The first-order chi connectivity index (χ1) is 14.8. The molecule has 0 atom stereocenters. The monoisotopic (exact) mass is 392 g/mol. The Morgan fingerprint density at radius 1 is 0.433 bits per heavy atom. The maximum absolute atomic E-state index is 2.37. The molecule has 2 heteroatoms. The smallest absolute Gasteiger partial charge is 0.0463 e. The molecule has 4 aromatic rings. The first-order valence-corrected chi connectivity index (χ1v) is 10.7. The summed E-state index contributed by atoms with van der Waals surface area (Å²) in [6.07, 6.45) is 0. The van der Waals surface area contributed by atoms with Crippen LogP contribution in [-0.2, 0) is 0 Å². The van der Waals surface area contributed by atoms with Gasteiger partial charge in [-0.15, -0.1) is 0 Å². The summed E-state index contributed by atoms with van der Waals surface area (Å²) in [5.41, 5.74) is 7.18. The van der Waals surface area contributed by atoms with Crippen molar-refractivity contribution in [3.8, 4) is 11.1 Å². The van der Waals surface area contributed by atoms with Gasteiger partial charge in [0.05, 0.1) is 0 Å². The lowest BCUT2D eigenvalue weighted by Crippen LogP contribution is -2.21. The molecule has 0 radical (unpaired) electrons. The molecule has 2 nitrogen and oxygen atoms in total. The van der Waals surface area contributed by atoms with Crippen LogP contribution in [0.25, 0.3) is 11.1 Å². The van der Waals surface area contributed by atoms with Crippen LogP contribution < -0.4 is 9.80 Å². The minimum Gasteiger partial charge on any atom is -0.372 e. The van der Waals surface area contributed by atoms with Gasteiger partial charge in [-0.1, -0.05) is 60.7 Å². The number of hydrogen-bond acceptors (Lipinski definition) is 2. The Morgan fingerprint density at radius 2 is 0.833 bits per heavy atom. The fourth-order valence-corrected chi connectivity index (χ4v) is 3.86. The molecule has 0 unspecified atom stereocenters. The summed E-state index contributed by atoms with van der Waals surface area (Å²) >= 11 is 0. The molecule has 0 spiro atoms. The lowest BCUT2D eigenvalue weighted by Gasteiger charge is -2.27. The largest absolute Gasteiger partial charge is 0.372 e. The van der Waals surface area contributed by atoms with Gasteiger partial charge < -0.3 is 9.80 Å². The quantitative estimate of drug-likeness (QED) is 0.318. The van der Waals surface area contributed by atoms with Crippen LogP contribution in [0.15, 0.2) is 109 Å². The molecule has 0 aliphatic heterocycles. The van der Waals surface area contributed by atoms with Crippen molar-refractivity contribution in [2.24, 2.45) is 0 Å². The molecule has 0 saturated heterocycles. The highest BCUT2D eigenvalue weighted by Crippen LogP contribution is 2.36. The van der Waals surface area contributed by atoms with Crippen molar-refractivity contribution in [3.05, 3.63) is 109 Å². The first-order valence-electron chi connectivity index (χ1n) is 10.7. The van der Waals surface area contributed by atoms with Gasteiger partial charge in [0.1, 0.15) is 0 Å². The zero-order valence-corrected chi connectivity index (χ0v) is 17.7. The van der Waals surface area contributed by atoms with Crippen LogP contribution in [0.5, 0.6) is 0 Å². The number of rotatable bonds is 7. The predicted octanol–water partition coefficient (Wildman–Crippen LogP) is 7.67. The van der Waals surface area contributed by atoms with Crippen LogP contribution in [0.1, 0.15) is 13.8 Å². The Balaban J connectivity index is 1.71. The minimum absolute atomic E-state index is 1.01. The van der Waals surface area contributed by atoms with Crippen LogP contribution in [0, 0.1) is 0 Å². The molecule has 0 fully saturated rings. The van der Waals surface area contributed by atoms with E-state index in [0.717, 1.165) is 30.2 Å². The molecule has 0 amide bonds. The summed E-state index contributed by atoms with van der Waals surface area (Å²) in [5, 5.41) is 0. The highest BCUT2D eigenvalue weighted by atomic mass is 15.1. The van der Waals surface area contributed by atoms with E-state index in [1.54, 1.807) is 0 Å². The molecule has 0 N–H and O–H groups in total. The molecule has 0 aromatic heterocycles. The van der Waals surface area contributed by atoms with E-state index in [4.69, 9.17) is 0 Å². The summed E-state index contributed by atoms with van der Waals surface area (Å²) < 4.78 is 0. The third kappa shape index (κ3) is 4.23. The number of benzene rings is 4. The average Bonchev–Trinajstić information content (AvgIpc) is 2.83. The van der Waals surface area contributed by atoms with E-state index >= 15 is 0 Å². The van der Waals surface area contributed by atoms with Crippen molar-refractivity contribution in [3.63, 3.8) is 0 Å². The van der Waals surface area contributed by atoms with Crippen LogP contribution in [0.3, 0.4) is 0 Å². The number of hydrogen-bond donors (Lipinski definition) is 0. The van der Waals surface area contributed by atoms with Gasteiger partial charge in [0.15, 0.2) is 0 Å². The number of anilines is 4. The van der Waals surface area contributed by atoms with Crippen LogP contribution in [0.2, 0.25) is 0 Å². The minimum atomic E-state index is 1.01. The lowest BCUT2D eigenvalue weighted by molar-refractivity contribution is 0.866. The summed E-state index contributed by atoms with van der Waals surface area (Å²) in [6, 6.07) is 38.7. The van der Waals surface area contributed by atoms with Crippen molar-refractivity contribution < 1.29 is 0 Å². The average molecular weight is 393 g/mol. The van der Waals surface area contributed by atoms with Gasteiger partial charge in [-0.05, 0) is 73.5 Å². The van der Waals surface area contributed by atoms with Crippen molar-refractivity contribution in [1.82, 2.24) is 0 Å². The van der Waals surface area contributed by atoms with E-state index in [-0.39, 0.29) is 0 Å². The lowest BCUT2D eigenvalue weighted by atomic mass is 10.0. The van der Waals surface area contributed by atoms with Gasteiger partial charge >= 0.3 is 0 Å². The van der Waals surface area contributed by atoms with E-state index in [0.29, 0.717) is 0 Å². The summed E-state index contributed by atoms with van der Waals surface area (Å²) in [5.74, 6) is 0. The van der Waals surface area contributed by atoms with Gasteiger partial charge in [-0.25, -0.2) is 0 Å². The third-order valence-electron chi connectivity index (χ3n) is 5.48. The standard InChI is InChI=1S/C28H28N2/c1-3-29(4-2)25-19-21-28(22-20-25)30(26-13-9-6-10-14-26)27-17-15-24(16-18-27)23-11-7-5-8-12-23/h5-22H,3-4H2,1-2H3. The molecule has 0 aliphatic carbocycles. The van der Waals surface area contributed by atoms with Crippen LogP contribution in [0.4, 0.5) is 22.7 Å². The maximum Gasteiger partial charge on any atom is 0.0463 e. The van der Waals surface area contributed by atoms with E-state index in [2.05, 4.69) is 133 Å². The summed E-state index contributed by atoms with van der Waals surface area (Å²) in [7, 11) is 0. The molecule has 4 rings (SSSR count). The van der Waals surface area contributed by atoms with Gasteiger partial charge in [-0.2, -0.15) is 0 Å². The molecule has 0 bridgehead atoms. The zero-order valence-electron chi connectivity index (χ0n) is 17.7. The highest BCUT2D eigenvalue weighted by Gasteiger charge is 2.13. The second-order valence-corrected chi connectivity index (χ2v) is 7.27. The Labute approximate surface area is 180 Å². The molecule has 30 heavy (non-hydrogen) atoms. The fourth-order valence-electron chi connectivity index (χ4n) is 3.86. The third-order valence-corrected chi connectivity index (χ3v) is 5.48. The van der Waals surface area contributed by atoms with Crippen molar-refractivity contribution in [2.75, 3.05) is 22.9 Å². The number of nitrogens with zero attached hydrogens (tertiary/aromatic N) is 2. The summed E-state index contributed by atoms with van der Waals surface area (Å²) in [6.45, 7) is 6.42. The first kappa shape index (κ1) is 19.8. The van der Waals surface area contributed by atoms with Gasteiger partial charge in [0.2, 0.25) is 0 Å². The molecule has 0 heterocycles. The maximum atomic E-state index is 2.37. The fraction of sp³-hybridized carbons (Fsp3) is 0.143. The Hall–Kier alpha value is -3.52. The number of para-hydroxylation sites is 1. The molecule has 0 aliphatic rings. The van der Waals surface area contributed by atoms with Crippen LogP contribution in [-0.4, -0.2) is 13.1 Å². The Bertz CT molecular complexity index is 1040. The van der Waals surface area contributed by atoms with Crippen molar-refractivity contribution >= 4 is 22.7 Å². The molecular formula is C28H28N2. The van der Waals surface area contributed by atoms with E-state index in [9.17, 15) is 0 Å². The summed E-state index contributed by atoms with van der Waals surface area (Å²) in [4.78, 5) is 4.67. The Kier molecular flexibility index (Phi) is 6.14.